The molecule has 0 saturated carbocycles. The van der Waals surface area contributed by atoms with Gasteiger partial charge in [0, 0.05) is 33.9 Å². The third-order valence-corrected chi connectivity index (χ3v) is 3.83. The maximum Gasteiger partial charge on any atom is 0.410 e. The van der Waals surface area contributed by atoms with E-state index < -0.39 is 5.60 Å². The number of carbonyl (C=O) groups excluding carboxylic acids is 1. The van der Waals surface area contributed by atoms with Crippen LogP contribution in [0.4, 0.5) is 4.79 Å². The zero-order valence-corrected chi connectivity index (χ0v) is 14.7. The smallest absolute Gasteiger partial charge is 0.410 e. The van der Waals surface area contributed by atoms with Crippen LogP contribution in [0, 0.1) is 5.92 Å². The molecule has 1 fully saturated rings. The maximum absolute atomic E-state index is 12.0. The highest BCUT2D eigenvalue weighted by molar-refractivity contribution is 5.68. The molecule has 0 unspecified atom stereocenters. The molecule has 22 heavy (non-hydrogen) atoms. The summed E-state index contributed by atoms with van der Waals surface area (Å²) in [7, 11) is 3.28. The molecular weight excluding hydrogens is 284 g/mol. The normalized spacial score (nSPS) is 17.1. The molecule has 6 heteroatoms. The second-order valence-electron chi connectivity index (χ2n) is 6.80. The van der Waals surface area contributed by atoms with Crippen molar-refractivity contribution in [3.8, 4) is 0 Å². The molecule has 1 aliphatic rings. The molecule has 0 aromatic carbocycles. The molecular formula is C16H32N2O4. The number of nitrogens with one attached hydrogen (secondary N) is 1. The Balaban J connectivity index is 2.16. The monoisotopic (exact) mass is 316 g/mol. The van der Waals surface area contributed by atoms with Crippen molar-refractivity contribution >= 4 is 6.09 Å². The SMILES string of the molecule is COC(CNCCC1CCN(C(=O)OC(C)(C)C)CC1)OC. The molecule has 130 valence electrons. The fourth-order valence-electron chi connectivity index (χ4n) is 2.52. The minimum atomic E-state index is -0.420. The van der Waals surface area contributed by atoms with Crippen molar-refractivity contribution in [1.82, 2.24) is 10.2 Å². The molecule has 1 rings (SSSR count). The highest BCUT2D eigenvalue weighted by atomic mass is 16.7. The molecule has 0 aliphatic carbocycles. The number of carbonyl (C=O) groups is 1. The predicted molar refractivity (Wildman–Crippen MR) is 85.8 cm³/mol. The summed E-state index contributed by atoms with van der Waals surface area (Å²) < 4.78 is 15.7. The molecule has 0 radical (unpaired) electrons. The Labute approximate surface area is 134 Å². The van der Waals surface area contributed by atoms with Crippen LogP contribution < -0.4 is 5.32 Å². The zero-order valence-electron chi connectivity index (χ0n) is 14.7. The van der Waals surface area contributed by atoms with Gasteiger partial charge in [0.25, 0.3) is 0 Å². The first kappa shape index (κ1) is 19.2. The van der Waals surface area contributed by atoms with Gasteiger partial charge in [0.15, 0.2) is 6.29 Å². The van der Waals surface area contributed by atoms with Crippen LogP contribution in [0.1, 0.15) is 40.0 Å². The van der Waals surface area contributed by atoms with Crippen molar-refractivity contribution in [2.24, 2.45) is 5.92 Å². The predicted octanol–water partition coefficient (Wildman–Crippen LogP) is 2.23. The van der Waals surface area contributed by atoms with E-state index in [0.717, 1.165) is 38.9 Å². The van der Waals surface area contributed by atoms with Gasteiger partial charge in [-0.3, -0.25) is 0 Å². The van der Waals surface area contributed by atoms with Crippen LogP contribution in [0.15, 0.2) is 0 Å². The van der Waals surface area contributed by atoms with Crippen LogP contribution in [0.3, 0.4) is 0 Å². The van der Waals surface area contributed by atoms with Gasteiger partial charge in [-0.2, -0.15) is 0 Å². The van der Waals surface area contributed by atoms with Gasteiger partial charge in [-0.25, -0.2) is 4.79 Å². The molecule has 0 spiro atoms. The molecule has 6 nitrogen and oxygen atoms in total. The van der Waals surface area contributed by atoms with E-state index in [1.165, 1.54) is 0 Å². The lowest BCUT2D eigenvalue weighted by Crippen LogP contribution is -2.42. The largest absolute Gasteiger partial charge is 0.444 e. The van der Waals surface area contributed by atoms with Crippen LogP contribution >= 0.6 is 0 Å². The maximum atomic E-state index is 12.0. The van der Waals surface area contributed by atoms with Crippen LogP contribution in [-0.2, 0) is 14.2 Å². The van der Waals surface area contributed by atoms with E-state index in [-0.39, 0.29) is 12.4 Å². The van der Waals surface area contributed by atoms with Crippen LogP contribution in [0.5, 0.6) is 0 Å². The van der Waals surface area contributed by atoms with Gasteiger partial charge in [0.1, 0.15) is 5.60 Å². The highest BCUT2D eigenvalue weighted by Crippen LogP contribution is 2.21. The standard InChI is InChI=1S/C16H32N2O4/c1-16(2,3)22-15(19)18-10-7-13(8-11-18)6-9-17-12-14(20-4)21-5/h13-14,17H,6-12H2,1-5H3. The van der Waals surface area contributed by atoms with E-state index in [0.29, 0.717) is 12.5 Å². The van der Waals surface area contributed by atoms with Gasteiger partial charge < -0.3 is 24.4 Å². The van der Waals surface area contributed by atoms with Crippen molar-refractivity contribution < 1.29 is 19.0 Å². The molecule has 0 aromatic heterocycles. The number of methoxy groups -OCH3 is 2. The van der Waals surface area contributed by atoms with Crippen LogP contribution in [0.2, 0.25) is 0 Å². The molecule has 1 amide bonds. The van der Waals surface area contributed by atoms with Gasteiger partial charge in [-0.05, 0) is 52.5 Å². The van der Waals surface area contributed by atoms with Crippen molar-refractivity contribution in [3.63, 3.8) is 0 Å². The van der Waals surface area contributed by atoms with E-state index in [1.807, 2.05) is 25.7 Å². The van der Waals surface area contributed by atoms with E-state index in [4.69, 9.17) is 14.2 Å². The molecule has 1 aliphatic heterocycles. The van der Waals surface area contributed by atoms with Gasteiger partial charge in [-0.15, -0.1) is 0 Å². The third-order valence-electron chi connectivity index (χ3n) is 3.83. The van der Waals surface area contributed by atoms with Gasteiger partial charge >= 0.3 is 6.09 Å². The first-order valence-corrected chi connectivity index (χ1v) is 8.10. The summed E-state index contributed by atoms with van der Waals surface area (Å²) in [6.07, 6.45) is 2.82. The molecule has 0 bridgehead atoms. The van der Waals surface area contributed by atoms with E-state index in [1.54, 1.807) is 14.2 Å². The zero-order chi connectivity index (χ0) is 16.6. The average Bonchev–Trinajstić information content (AvgIpc) is 2.46. The summed E-state index contributed by atoms with van der Waals surface area (Å²) >= 11 is 0. The quantitative estimate of drug-likeness (QED) is 0.576. The van der Waals surface area contributed by atoms with Gasteiger partial charge in [-0.1, -0.05) is 0 Å². The second kappa shape index (κ2) is 9.33. The van der Waals surface area contributed by atoms with E-state index in [2.05, 4.69) is 5.32 Å². The summed E-state index contributed by atoms with van der Waals surface area (Å²) in [5, 5.41) is 3.34. The lowest BCUT2D eigenvalue weighted by molar-refractivity contribution is -0.0987. The second-order valence-corrected chi connectivity index (χ2v) is 6.80. The topological polar surface area (TPSA) is 60.0 Å². The number of likely N-dealkylation sites (tertiary alicyclic amines) is 1. The molecule has 0 aromatic rings. The Morgan fingerprint density at radius 3 is 2.32 bits per heavy atom. The summed E-state index contributed by atoms with van der Waals surface area (Å²) in [6, 6.07) is 0. The number of hydrogen-bond acceptors (Lipinski definition) is 5. The lowest BCUT2D eigenvalue weighted by atomic mass is 9.94. The van der Waals surface area contributed by atoms with E-state index >= 15 is 0 Å². The number of ether oxygens (including phenoxy) is 3. The first-order valence-electron chi connectivity index (χ1n) is 8.10. The van der Waals surface area contributed by atoms with Crippen molar-refractivity contribution in [3.05, 3.63) is 0 Å². The summed E-state index contributed by atoms with van der Waals surface area (Å²) in [4.78, 5) is 13.8. The Bertz CT molecular complexity index is 319. The van der Waals surface area contributed by atoms with Crippen molar-refractivity contribution in [2.45, 2.75) is 51.9 Å². The van der Waals surface area contributed by atoms with Gasteiger partial charge in [0.05, 0.1) is 0 Å². The minimum absolute atomic E-state index is 0.186. The molecule has 1 saturated heterocycles. The minimum Gasteiger partial charge on any atom is -0.444 e. The average molecular weight is 316 g/mol. The Kier molecular flexibility index (Phi) is 8.14. The van der Waals surface area contributed by atoms with Crippen LogP contribution in [0.25, 0.3) is 0 Å². The molecule has 1 heterocycles. The summed E-state index contributed by atoms with van der Waals surface area (Å²) in [5.41, 5.74) is -0.420. The van der Waals surface area contributed by atoms with Crippen molar-refractivity contribution in [2.75, 3.05) is 40.4 Å². The summed E-state index contributed by atoms with van der Waals surface area (Å²) in [5.74, 6) is 0.662. The number of piperidine rings is 1. The fourth-order valence-corrected chi connectivity index (χ4v) is 2.52. The number of nitrogens with zero attached hydrogens (tertiary/aromatic N) is 1. The number of hydrogen-bond donors (Lipinski definition) is 1. The lowest BCUT2D eigenvalue weighted by Gasteiger charge is -2.33. The summed E-state index contributed by atoms with van der Waals surface area (Å²) in [6.45, 7) is 8.92. The fraction of sp³-hybridized carbons (Fsp3) is 0.938. The van der Waals surface area contributed by atoms with E-state index in [9.17, 15) is 4.79 Å². The Morgan fingerprint density at radius 2 is 1.82 bits per heavy atom. The molecule has 1 N–H and O–H groups in total. The number of rotatable bonds is 7. The first-order chi connectivity index (χ1) is 10.4. The third kappa shape index (κ3) is 7.42. The number of amides is 1. The Morgan fingerprint density at radius 1 is 1.23 bits per heavy atom. The van der Waals surface area contributed by atoms with Crippen LogP contribution in [-0.4, -0.2) is 63.3 Å². The van der Waals surface area contributed by atoms with Crippen molar-refractivity contribution in [1.29, 1.82) is 0 Å². The Hall–Kier alpha value is -0.850. The molecule has 0 atom stereocenters. The van der Waals surface area contributed by atoms with Gasteiger partial charge in [0.2, 0.25) is 0 Å². The highest BCUT2D eigenvalue weighted by Gasteiger charge is 2.26.